The van der Waals surface area contributed by atoms with Crippen LogP contribution in [0.25, 0.3) is 0 Å². The highest BCUT2D eigenvalue weighted by Crippen LogP contribution is 2.29. The standard InChI is InChI=1S/C18H23FN4O/c1-22(2)17(14-5-3-4-6-15(14)19)18(24)23-11-8-13(9-12-23)16-7-10-20-21-16/h3-7,10,13,17H,8-9,11-12H2,1-2H3,(H,20,21). The molecular formula is C18H23FN4O. The van der Waals surface area contributed by atoms with Gasteiger partial charge in [0.05, 0.1) is 0 Å². The largest absolute Gasteiger partial charge is 0.341 e. The van der Waals surface area contributed by atoms with Gasteiger partial charge >= 0.3 is 0 Å². The maximum atomic E-state index is 14.2. The molecule has 1 fully saturated rings. The molecular weight excluding hydrogens is 307 g/mol. The summed E-state index contributed by atoms with van der Waals surface area (Å²) < 4.78 is 14.2. The number of rotatable bonds is 4. The third-order valence-electron chi connectivity index (χ3n) is 4.72. The van der Waals surface area contributed by atoms with Crippen molar-refractivity contribution >= 4 is 5.91 Å². The first-order chi connectivity index (χ1) is 11.6. The number of H-pyrrole nitrogens is 1. The topological polar surface area (TPSA) is 52.2 Å². The number of hydrogen-bond donors (Lipinski definition) is 1. The van der Waals surface area contributed by atoms with Crippen LogP contribution >= 0.6 is 0 Å². The number of likely N-dealkylation sites (tertiary alicyclic amines) is 1. The van der Waals surface area contributed by atoms with E-state index in [1.165, 1.54) is 6.07 Å². The summed E-state index contributed by atoms with van der Waals surface area (Å²) in [7, 11) is 3.62. The molecule has 6 heteroatoms. The van der Waals surface area contributed by atoms with Gasteiger partial charge in [0.1, 0.15) is 11.9 Å². The number of carbonyl (C=O) groups is 1. The maximum absolute atomic E-state index is 14.2. The molecule has 1 aromatic carbocycles. The lowest BCUT2D eigenvalue weighted by Gasteiger charge is -2.35. The molecule has 0 spiro atoms. The van der Waals surface area contributed by atoms with Crippen molar-refractivity contribution in [1.82, 2.24) is 20.0 Å². The summed E-state index contributed by atoms with van der Waals surface area (Å²) in [5, 5.41) is 7.01. The van der Waals surface area contributed by atoms with Gasteiger partial charge in [0.25, 0.3) is 0 Å². The summed E-state index contributed by atoms with van der Waals surface area (Å²) in [4.78, 5) is 16.6. The van der Waals surface area contributed by atoms with Crippen LogP contribution in [0.3, 0.4) is 0 Å². The first kappa shape index (κ1) is 16.6. The van der Waals surface area contributed by atoms with E-state index in [1.807, 2.05) is 25.1 Å². The molecule has 0 aliphatic carbocycles. The molecule has 1 amide bonds. The van der Waals surface area contributed by atoms with Crippen molar-refractivity contribution in [1.29, 1.82) is 0 Å². The number of nitrogens with one attached hydrogen (secondary N) is 1. The Bertz CT molecular complexity index is 678. The molecule has 1 unspecified atom stereocenters. The van der Waals surface area contributed by atoms with Crippen molar-refractivity contribution in [2.24, 2.45) is 0 Å². The van der Waals surface area contributed by atoms with Gasteiger partial charge in [0.15, 0.2) is 0 Å². The molecule has 0 saturated carbocycles. The summed E-state index contributed by atoms with van der Waals surface area (Å²) in [6.07, 6.45) is 3.55. The van der Waals surface area contributed by atoms with Crippen LogP contribution in [-0.2, 0) is 4.79 Å². The van der Waals surface area contributed by atoms with E-state index >= 15 is 0 Å². The fraction of sp³-hybridized carbons (Fsp3) is 0.444. The van der Waals surface area contributed by atoms with Crippen molar-refractivity contribution in [3.05, 3.63) is 53.6 Å². The fourth-order valence-electron chi connectivity index (χ4n) is 3.41. The Morgan fingerprint density at radius 1 is 1.29 bits per heavy atom. The number of carbonyl (C=O) groups excluding carboxylic acids is 1. The number of aromatic nitrogens is 2. The molecule has 2 aromatic rings. The monoisotopic (exact) mass is 330 g/mol. The van der Waals surface area contributed by atoms with Crippen molar-refractivity contribution in [3.63, 3.8) is 0 Å². The zero-order valence-electron chi connectivity index (χ0n) is 14.1. The molecule has 2 heterocycles. The number of halogens is 1. The Hall–Kier alpha value is -2.21. The average molecular weight is 330 g/mol. The van der Waals surface area contributed by atoms with E-state index in [0.717, 1.165) is 18.5 Å². The average Bonchev–Trinajstić information content (AvgIpc) is 3.11. The highest BCUT2D eigenvalue weighted by Gasteiger charge is 2.32. The minimum absolute atomic E-state index is 0.0341. The molecule has 0 bridgehead atoms. The quantitative estimate of drug-likeness (QED) is 0.937. The minimum Gasteiger partial charge on any atom is -0.341 e. The maximum Gasteiger partial charge on any atom is 0.244 e. The van der Waals surface area contributed by atoms with E-state index in [-0.39, 0.29) is 11.7 Å². The van der Waals surface area contributed by atoms with Crippen molar-refractivity contribution < 1.29 is 9.18 Å². The highest BCUT2D eigenvalue weighted by molar-refractivity contribution is 5.83. The predicted octanol–water partition coefficient (Wildman–Crippen LogP) is 2.56. The molecule has 5 nitrogen and oxygen atoms in total. The molecule has 24 heavy (non-hydrogen) atoms. The Morgan fingerprint density at radius 3 is 2.58 bits per heavy atom. The van der Waals surface area contributed by atoms with Crippen LogP contribution in [0, 0.1) is 5.82 Å². The van der Waals surface area contributed by atoms with Gasteiger partial charge in [0, 0.05) is 36.5 Å². The molecule has 1 aliphatic heterocycles. The van der Waals surface area contributed by atoms with Crippen LogP contribution in [0.5, 0.6) is 0 Å². The van der Waals surface area contributed by atoms with Crippen LogP contribution in [0.2, 0.25) is 0 Å². The Kier molecular flexibility index (Phi) is 4.94. The number of likely N-dealkylation sites (N-methyl/N-ethyl adjacent to an activating group) is 1. The molecule has 1 aliphatic rings. The number of aromatic amines is 1. The van der Waals surface area contributed by atoms with Crippen LogP contribution in [-0.4, -0.2) is 53.1 Å². The highest BCUT2D eigenvalue weighted by atomic mass is 19.1. The third-order valence-corrected chi connectivity index (χ3v) is 4.72. The molecule has 1 saturated heterocycles. The second kappa shape index (κ2) is 7.13. The summed E-state index contributed by atoms with van der Waals surface area (Å²) >= 11 is 0. The van der Waals surface area contributed by atoms with Crippen molar-refractivity contribution in [3.8, 4) is 0 Å². The number of benzene rings is 1. The van der Waals surface area contributed by atoms with E-state index < -0.39 is 6.04 Å². The van der Waals surface area contributed by atoms with Gasteiger partial charge in [-0.25, -0.2) is 4.39 Å². The smallest absolute Gasteiger partial charge is 0.244 e. The lowest BCUT2D eigenvalue weighted by atomic mass is 9.92. The normalized spacial score (nSPS) is 17.2. The minimum atomic E-state index is -0.588. The van der Waals surface area contributed by atoms with E-state index in [0.29, 0.717) is 24.6 Å². The number of hydrogen-bond acceptors (Lipinski definition) is 3. The molecule has 128 valence electrons. The molecule has 0 radical (unpaired) electrons. The van der Waals surface area contributed by atoms with Gasteiger partial charge in [-0.05, 0) is 39.1 Å². The molecule has 1 atom stereocenters. The summed E-state index contributed by atoms with van der Waals surface area (Å²) in [5.74, 6) is 0.0351. The zero-order valence-corrected chi connectivity index (χ0v) is 14.1. The Morgan fingerprint density at radius 2 is 2.00 bits per heavy atom. The van der Waals surface area contributed by atoms with Gasteiger partial charge in [-0.1, -0.05) is 18.2 Å². The number of nitrogens with zero attached hydrogens (tertiary/aromatic N) is 3. The molecule has 1 aromatic heterocycles. The van der Waals surface area contributed by atoms with Crippen molar-refractivity contribution in [2.45, 2.75) is 24.8 Å². The first-order valence-electron chi connectivity index (χ1n) is 8.27. The lowest BCUT2D eigenvalue weighted by Crippen LogP contribution is -2.44. The van der Waals surface area contributed by atoms with Crippen LogP contribution in [0.15, 0.2) is 36.5 Å². The number of amides is 1. The summed E-state index contributed by atoms with van der Waals surface area (Å²) in [6, 6.07) is 7.91. The van der Waals surface area contributed by atoms with E-state index in [4.69, 9.17) is 0 Å². The Labute approximate surface area is 141 Å². The first-order valence-corrected chi connectivity index (χ1v) is 8.27. The fourth-order valence-corrected chi connectivity index (χ4v) is 3.41. The van der Waals surface area contributed by atoms with Crippen LogP contribution in [0.1, 0.15) is 36.1 Å². The molecule has 1 N–H and O–H groups in total. The Balaban J connectivity index is 1.72. The van der Waals surface area contributed by atoms with Gasteiger partial charge < -0.3 is 4.90 Å². The summed E-state index contributed by atoms with van der Waals surface area (Å²) in [6.45, 7) is 1.36. The number of piperidine rings is 1. The third kappa shape index (κ3) is 3.33. The van der Waals surface area contributed by atoms with Crippen LogP contribution < -0.4 is 0 Å². The lowest BCUT2D eigenvalue weighted by molar-refractivity contribution is -0.137. The zero-order chi connectivity index (χ0) is 17.1. The second-order valence-electron chi connectivity index (χ2n) is 6.50. The van der Waals surface area contributed by atoms with E-state index in [9.17, 15) is 9.18 Å². The van der Waals surface area contributed by atoms with Gasteiger partial charge in [-0.3, -0.25) is 14.8 Å². The molecule has 3 rings (SSSR count). The van der Waals surface area contributed by atoms with Crippen molar-refractivity contribution in [2.75, 3.05) is 27.2 Å². The van der Waals surface area contributed by atoms with Crippen LogP contribution in [0.4, 0.5) is 4.39 Å². The summed E-state index contributed by atoms with van der Waals surface area (Å²) in [5.41, 5.74) is 1.56. The SMILES string of the molecule is CN(C)C(C(=O)N1CCC(c2ccn[nH]2)CC1)c1ccccc1F. The van der Waals surface area contributed by atoms with Gasteiger partial charge in [0.2, 0.25) is 5.91 Å². The van der Waals surface area contributed by atoms with E-state index in [2.05, 4.69) is 10.2 Å². The second-order valence-corrected chi connectivity index (χ2v) is 6.50. The van der Waals surface area contributed by atoms with E-state index in [1.54, 1.807) is 29.3 Å². The van der Waals surface area contributed by atoms with Gasteiger partial charge in [-0.2, -0.15) is 5.10 Å². The predicted molar refractivity (Wildman–Crippen MR) is 90.0 cm³/mol. The van der Waals surface area contributed by atoms with Gasteiger partial charge in [-0.15, -0.1) is 0 Å².